The highest BCUT2D eigenvalue weighted by Crippen LogP contribution is 2.34. The number of nitro groups is 1. The Labute approximate surface area is 115 Å². The number of benzene rings is 1. The van der Waals surface area contributed by atoms with Gasteiger partial charge in [0, 0.05) is 11.5 Å². The molecule has 0 saturated heterocycles. The average molecular weight is 281 g/mol. The summed E-state index contributed by atoms with van der Waals surface area (Å²) in [6, 6.07) is 4.65. The van der Waals surface area contributed by atoms with Gasteiger partial charge in [0.25, 0.3) is 5.69 Å². The lowest BCUT2D eigenvalue weighted by atomic mass is 10.0. The van der Waals surface area contributed by atoms with Gasteiger partial charge in [-0.1, -0.05) is 25.4 Å². The molecule has 0 aliphatic heterocycles. The largest absolute Gasteiger partial charge is 0.494 e. The lowest BCUT2D eigenvalue weighted by Crippen LogP contribution is -1.97. The fraction of sp³-hybridized carbons (Fsp3) is 0.308. The first-order valence-corrected chi connectivity index (χ1v) is 6.14. The molecule has 0 bridgehead atoms. The third-order valence-corrected chi connectivity index (χ3v) is 3.20. The van der Waals surface area contributed by atoms with Crippen LogP contribution in [0.2, 0.25) is 5.15 Å². The predicted octanol–water partition coefficient (Wildman–Crippen LogP) is 3.93. The molecule has 19 heavy (non-hydrogen) atoms. The summed E-state index contributed by atoms with van der Waals surface area (Å²) in [4.78, 5) is 14.7. The lowest BCUT2D eigenvalue weighted by Gasteiger charge is -2.11. The molecule has 0 saturated carbocycles. The van der Waals surface area contributed by atoms with Crippen LogP contribution in [0.5, 0.6) is 5.75 Å². The highest BCUT2D eigenvalue weighted by molar-refractivity contribution is 6.30. The Bertz CT molecular complexity index is 656. The number of ether oxygens (including phenoxy) is 1. The van der Waals surface area contributed by atoms with E-state index in [1.165, 1.54) is 19.2 Å². The molecule has 2 rings (SSSR count). The molecule has 0 fully saturated rings. The maximum Gasteiger partial charge on any atom is 0.273 e. The SMILES string of the molecule is COc1cc([N+](=O)[O-])cc2cc(C(C)C)c(Cl)nc12. The number of nitrogens with zero attached hydrogens (tertiary/aromatic N) is 2. The molecule has 5 nitrogen and oxygen atoms in total. The highest BCUT2D eigenvalue weighted by Gasteiger charge is 2.16. The smallest absolute Gasteiger partial charge is 0.273 e. The van der Waals surface area contributed by atoms with Crippen molar-refractivity contribution in [3.8, 4) is 5.75 Å². The minimum atomic E-state index is -0.453. The highest BCUT2D eigenvalue weighted by atomic mass is 35.5. The molecule has 1 aromatic carbocycles. The van der Waals surface area contributed by atoms with E-state index < -0.39 is 4.92 Å². The third kappa shape index (κ3) is 2.46. The summed E-state index contributed by atoms with van der Waals surface area (Å²) in [6.07, 6.45) is 0. The van der Waals surface area contributed by atoms with Crippen LogP contribution in [-0.2, 0) is 0 Å². The number of pyridine rings is 1. The number of non-ortho nitro benzene ring substituents is 1. The van der Waals surface area contributed by atoms with Crippen molar-refractivity contribution < 1.29 is 9.66 Å². The first kappa shape index (κ1) is 13.5. The molecule has 0 spiro atoms. The van der Waals surface area contributed by atoms with Crippen molar-refractivity contribution in [2.45, 2.75) is 19.8 Å². The molecule has 0 atom stereocenters. The van der Waals surface area contributed by atoms with Crippen LogP contribution in [0.15, 0.2) is 18.2 Å². The van der Waals surface area contributed by atoms with Gasteiger partial charge in [0.1, 0.15) is 10.7 Å². The predicted molar refractivity (Wildman–Crippen MR) is 74.0 cm³/mol. The molecular weight excluding hydrogens is 268 g/mol. The minimum absolute atomic E-state index is 0.0248. The van der Waals surface area contributed by atoms with Crippen LogP contribution in [0.1, 0.15) is 25.3 Å². The normalized spacial score (nSPS) is 11.0. The number of fused-ring (bicyclic) bond motifs is 1. The summed E-state index contributed by atoms with van der Waals surface area (Å²) in [5.74, 6) is 0.538. The number of hydrogen-bond acceptors (Lipinski definition) is 4. The average Bonchev–Trinajstić information content (AvgIpc) is 2.36. The molecule has 0 amide bonds. The van der Waals surface area contributed by atoms with Crippen LogP contribution in [0, 0.1) is 10.1 Å². The molecular formula is C13H13ClN2O3. The Morgan fingerprint density at radius 2 is 2.05 bits per heavy atom. The summed E-state index contributed by atoms with van der Waals surface area (Å²) >= 11 is 6.13. The summed E-state index contributed by atoms with van der Waals surface area (Å²) in [5.41, 5.74) is 1.36. The van der Waals surface area contributed by atoms with Crippen molar-refractivity contribution in [1.29, 1.82) is 0 Å². The molecule has 6 heteroatoms. The van der Waals surface area contributed by atoms with Crippen molar-refractivity contribution in [3.63, 3.8) is 0 Å². The van der Waals surface area contributed by atoms with Crippen LogP contribution in [0.4, 0.5) is 5.69 Å². The van der Waals surface area contributed by atoms with Crippen molar-refractivity contribution in [2.75, 3.05) is 7.11 Å². The fourth-order valence-electron chi connectivity index (χ4n) is 1.90. The fourth-order valence-corrected chi connectivity index (χ4v) is 2.26. The summed E-state index contributed by atoms with van der Waals surface area (Å²) in [7, 11) is 1.45. The van der Waals surface area contributed by atoms with E-state index >= 15 is 0 Å². The summed E-state index contributed by atoms with van der Waals surface area (Å²) < 4.78 is 5.15. The molecule has 1 aromatic heterocycles. The molecule has 0 radical (unpaired) electrons. The number of rotatable bonds is 3. The Balaban J connectivity index is 2.79. The van der Waals surface area contributed by atoms with Crippen LogP contribution in [-0.4, -0.2) is 17.0 Å². The van der Waals surface area contributed by atoms with Crippen LogP contribution in [0.3, 0.4) is 0 Å². The van der Waals surface area contributed by atoms with E-state index in [2.05, 4.69) is 4.98 Å². The van der Waals surface area contributed by atoms with Crippen molar-refractivity contribution in [1.82, 2.24) is 4.98 Å². The van der Waals surface area contributed by atoms with Gasteiger partial charge in [0.2, 0.25) is 0 Å². The molecule has 100 valence electrons. The van der Waals surface area contributed by atoms with Crippen molar-refractivity contribution in [3.05, 3.63) is 39.0 Å². The zero-order valence-corrected chi connectivity index (χ0v) is 11.6. The molecule has 1 heterocycles. The zero-order valence-electron chi connectivity index (χ0n) is 10.8. The summed E-state index contributed by atoms with van der Waals surface area (Å²) in [6.45, 7) is 3.98. The Kier molecular flexibility index (Phi) is 3.57. The van der Waals surface area contributed by atoms with Gasteiger partial charge in [-0.2, -0.15) is 0 Å². The number of hydrogen-bond donors (Lipinski definition) is 0. The number of nitro benzene ring substituents is 1. The van der Waals surface area contributed by atoms with Gasteiger partial charge in [-0.25, -0.2) is 4.98 Å². The Morgan fingerprint density at radius 3 is 2.58 bits per heavy atom. The third-order valence-electron chi connectivity index (χ3n) is 2.90. The minimum Gasteiger partial charge on any atom is -0.494 e. The Morgan fingerprint density at radius 1 is 1.37 bits per heavy atom. The Hall–Kier alpha value is -1.88. The number of halogens is 1. The first-order valence-electron chi connectivity index (χ1n) is 5.76. The van der Waals surface area contributed by atoms with E-state index in [1.807, 2.05) is 19.9 Å². The maximum absolute atomic E-state index is 10.9. The van der Waals surface area contributed by atoms with Crippen LogP contribution >= 0.6 is 11.6 Å². The second-order valence-electron chi connectivity index (χ2n) is 4.50. The second-order valence-corrected chi connectivity index (χ2v) is 4.86. The topological polar surface area (TPSA) is 65.3 Å². The maximum atomic E-state index is 10.9. The zero-order chi connectivity index (χ0) is 14.2. The van der Waals surface area contributed by atoms with Gasteiger partial charge >= 0.3 is 0 Å². The molecule has 0 unspecified atom stereocenters. The van der Waals surface area contributed by atoms with Crippen LogP contribution in [0.25, 0.3) is 10.9 Å². The van der Waals surface area contributed by atoms with E-state index in [-0.39, 0.29) is 11.6 Å². The van der Waals surface area contributed by atoms with E-state index in [1.54, 1.807) is 0 Å². The molecule has 0 aliphatic rings. The molecule has 2 aromatic rings. The number of aromatic nitrogens is 1. The van der Waals surface area contributed by atoms with Gasteiger partial charge in [-0.3, -0.25) is 10.1 Å². The summed E-state index contributed by atoms with van der Waals surface area (Å²) in [5, 5.41) is 12.0. The van der Waals surface area contributed by atoms with Crippen molar-refractivity contribution in [2.24, 2.45) is 0 Å². The monoisotopic (exact) mass is 280 g/mol. The molecule has 0 N–H and O–H groups in total. The van der Waals surface area contributed by atoms with Crippen LogP contribution < -0.4 is 4.74 Å². The van der Waals surface area contributed by atoms with E-state index in [0.29, 0.717) is 21.8 Å². The van der Waals surface area contributed by atoms with E-state index in [9.17, 15) is 10.1 Å². The van der Waals surface area contributed by atoms with E-state index in [0.717, 1.165) is 5.56 Å². The van der Waals surface area contributed by atoms with Gasteiger partial charge in [-0.15, -0.1) is 0 Å². The molecule has 0 aliphatic carbocycles. The van der Waals surface area contributed by atoms with Gasteiger partial charge in [0.05, 0.1) is 18.1 Å². The lowest BCUT2D eigenvalue weighted by molar-refractivity contribution is -0.384. The second kappa shape index (κ2) is 5.01. The quantitative estimate of drug-likeness (QED) is 0.485. The van der Waals surface area contributed by atoms with Gasteiger partial charge in [0.15, 0.2) is 5.75 Å². The van der Waals surface area contributed by atoms with E-state index in [4.69, 9.17) is 16.3 Å². The van der Waals surface area contributed by atoms with Crippen molar-refractivity contribution >= 4 is 28.2 Å². The standard InChI is InChI=1S/C13H13ClN2O3/c1-7(2)10-5-8-4-9(16(17)18)6-11(19-3)12(8)15-13(10)14/h4-7H,1-3H3. The first-order chi connectivity index (χ1) is 8.93. The number of methoxy groups -OCH3 is 1. The van der Waals surface area contributed by atoms with Gasteiger partial charge in [-0.05, 0) is 17.5 Å². The van der Waals surface area contributed by atoms with Gasteiger partial charge < -0.3 is 4.74 Å².